The third kappa shape index (κ3) is 4.07. The first kappa shape index (κ1) is 22.9. The van der Waals surface area contributed by atoms with Gasteiger partial charge in [0.15, 0.2) is 0 Å². The Labute approximate surface area is 215 Å². The van der Waals surface area contributed by atoms with Crippen LogP contribution < -0.4 is 10.6 Å². The van der Waals surface area contributed by atoms with Crippen LogP contribution in [0.2, 0.25) is 0 Å². The maximum Gasteiger partial charge on any atom is 0.260 e. The Balaban J connectivity index is 0.00000168. The number of likely N-dealkylation sites (N-methyl/N-ethyl adjacent to an activating group) is 1. The van der Waals surface area contributed by atoms with E-state index in [1.165, 1.54) is 17.0 Å². The van der Waals surface area contributed by atoms with Crippen LogP contribution in [0.1, 0.15) is 54.2 Å². The molecule has 6 heterocycles. The van der Waals surface area contributed by atoms with Crippen LogP contribution in [-0.2, 0) is 13.0 Å². The quantitative estimate of drug-likeness (QED) is 0.413. The molecule has 0 aromatic carbocycles. The van der Waals surface area contributed by atoms with Gasteiger partial charge in [0.05, 0.1) is 39.8 Å². The fourth-order valence-corrected chi connectivity index (χ4v) is 6.15. The molecule has 0 aliphatic carbocycles. The summed E-state index contributed by atoms with van der Waals surface area (Å²) in [5.74, 6) is -0.475. The van der Waals surface area contributed by atoms with Gasteiger partial charge >= 0.3 is 0 Å². The van der Waals surface area contributed by atoms with Crippen molar-refractivity contribution in [3.63, 3.8) is 0 Å². The number of fused-ring (bicyclic) bond motifs is 2. The molecule has 1 saturated heterocycles. The summed E-state index contributed by atoms with van der Waals surface area (Å²) in [6.45, 7) is 4.41. The van der Waals surface area contributed by atoms with E-state index in [0.29, 0.717) is 35.1 Å². The van der Waals surface area contributed by atoms with Gasteiger partial charge in [-0.15, -0.1) is 11.3 Å². The predicted molar refractivity (Wildman–Crippen MR) is 142 cm³/mol. The molecule has 1 fully saturated rings. The minimum absolute atomic E-state index is 0. The Morgan fingerprint density at radius 2 is 2.06 bits per heavy atom. The molecule has 1 atom stereocenters. The van der Waals surface area contributed by atoms with E-state index in [0.717, 1.165) is 54.0 Å². The molecular formula is C25H32N8O2S. The molecule has 0 bridgehead atoms. The normalized spacial score (nSPS) is 17.6. The second-order valence-electron chi connectivity index (χ2n) is 9.53. The molecule has 2 N–H and O–H groups in total. The topological polar surface area (TPSA) is 109 Å². The first-order chi connectivity index (χ1) is 17.5. The Bertz CT molecular complexity index is 1480. The molecule has 2 amide bonds. The summed E-state index contributed by atoms with van der Waals surface area (Å²) in [6, 6.07) is 2.04. The molecule has 0 radical (unpaired) electrons. The van der Waals surface area contributed by atoms with E-state index in [2.05, 4.69) is 42.4 Å². The van der Waals surface area contributed by atoms with E-state index < -0.39 is 0 Å². The van der Waals surface area contributed by atoms with E-state index in [9.17, 15) is 9.59 Å². The number of nitrogens with zero attached hydrogens (tertiary/aromatic N) is 6. The minimum Gasteiger partial charge on any atom is -0.350 e. The van der Waals surface area contributed by atoms with Crippen molar-refractivity contribution in [1.82, 2.24) is 34.6 Å². The van der Waals surface area contributed by atoms with E-state index in [1.807, 2.05) is 19.3 Å². The highest BCUT2D eigenvalue weighted by Gasteiger charge is 2.23. The Kier molecular flexibility index (Phi) is 5.81. The van der Waals surface area contributed by atoms with Crippen LogP contribution >= 0.6 is 11.3 Å². The highest BCUT2D eigenvalue weighted by atomic mass is 32.1. The zero-order valence-electron chi connectivity index (χ0n) is 20.3. The van der Waals surface area contributed by atoms with Gasteiger partial charge in [-0.05, 0) is 52.3 Å². The zero-order valence-corrected chi connectivity index (χ0v) is 21.1. The van der Waals surface area contributed by atoms with Crippen LogP contribution in [0.25, 0.3) is 15.3 Å². The molecule has 11 heteroatoms. The smallest absolute Gasteiger partial charge is 0.260 e. The summed E-state index contributed by atoms with van der Waals surface area (Å²) in [5, 5.41) is 14.8. The third-order valence-corrected chi connectivity index (χ3v) is 8.35. The number of carbonyl (C=O) groups excluding carboxylic acids is 2. The Morgan fingerprint density at radius 3 is 2.89 bits per heavy atom. The molecule has 4 aromatic heterocycles. The van der Waals surface area contributed by atoms with Crippen LogP contribution in [-0.4, -0.2) is 67.3 Å². The summed E-state index contributed by atoms with van der Waals surface area (Å²) < 4.78 is 3.79. The number of nitrogens with one attached hydrogen (secondary N) is 2. The predicted octanol–water partition coefficient (Wildman–Crippen LogP) is 3.48. The number of hydrogen-bond donors (Lipinski definition) is 2. The maximum absolute atomic E-state index is 13.2. The molecule has 10 nitrogen and oxygen atoms in total. The third-order valence-electron chi connectivity index (χ3n) is 7.21. The first-order valence-corrected chi connectivity index (χ1v) is 13.1. The van der Waals surface area contributed by atoms with Gasteiger partial charge in [-0.25, -0.2) is 4.52 Å². The lowest BCUT2D eigenvalue weighted by Crippen LogP contribution is -2.38. The second-order valence-corrected chi connectivity index (χ2v) is 10.6. The average Bonchev–Trinajstić information content (AvgIpc) is 3.66. The highest BCUT2D eigenvalue weighted by Crippen LogP contribution is 2.35. The second kappa shape index (κ2) is 9.14. The molecule has 36 heavy (non-hydrogen) atoms. The van der Waals surface area contributed by atoms with Gasteiger partial charge in [0.1, 0.15) is 4.83 Å². The van der Waals surface area contributed by atoms with Gasteiger partial charge < -0.3 is 15.5 Å². The lowest BCUT2D eigenvalue weighted by molar-refractivity contribution is 0.0942. The Hall–Kier alpha value is -3.57. The van der Waals surface area contributed by atoms with Gasteiger partial charge in [-0.2, -0.15) is 10.2 Å². The first-order valence-electron chi connectivity index (χ1n) is 12.3. The van der Waals surface area contributed by atoms with Crippen molar-refractivity contribution >= 4 is 33.7 Å². The summed E-state index contributed by atoms with van der Waals surface area (Å²) in [4.78, 5) is 34.4. The molecule has 0 spiro atoms. The number of amides is 2. The van der Waals surface area contributed by atoms with Gasteiger partial charge in [-0.1, -0.05) is 0 Å². The van der Waals surface area contributed by atoms with Crippen LogP contribution in [0, 0.1) is 6.92 Å². The van der Waals surface area contributed by atoms with Crippen molar-refractivity contribution < 1.29 is 12.4 Å². The van der Waals surface area contributed by atoms with E-state index >= 15 is 0 Å². The van der Waals surface area contributed by atoms with Crippen LogP contribution in [0.15, 0.2) is 30.9 Å². The summed E-state index contributed by atoms with van der Waals surface area (Å²) in [7, 11) is 2.08. The summed E-state index contributed by atoms with van der Waals surface area (Å²) >= 11 is 1.53. The highest BCUT2D eigenvalue weighted by molar-refractivity contribution is 7.21. The maximum atomic E-state index is 13.2. The molecule has 1 unspecified atom stereocenters. The SMILES string of the molecule is Cc1ncc(C(=O)NCC2CCCN2C)cc1NC(=O)c1cnn2cc(-c3cnn4c3CCC4)sc12.[HH].[HH]. The van der Waals surface area contributed by atoms with Crippen molar-refractivity contribution in [3.05, 3.63) is 53.4 Å². The van der Waals surface area contributed by atoms with Gasteiger partial charge in [0.2, 0.25) is 0 Å². The number of aromatic nitrogens is 5. The van der Waals surface area contributed by atoms with Crippen molar-refractivity contribution in [2.45, 2.75) is 45.2 Å². The van der Waals surface area contributed by atoms with Crippen molar-refractivity contribution in [2.24, 2.45) is 0 Å². The van der Waals surface area contributed by atoms with Crippen LogP contribution in [0.3, 0.4) is 0 Å². The number of hydrogen-bond acceptors (Lipinski definition) is 7. The van der Waals surface area contributed by atoms with Crippen molar-refractivity contribution in [2.75, 3.05) is 25.5 Å². The summed E-state index contributed by atoms with van der Waals surface area (Å²) in [5.41, 5.74) is 4.40. The monoisotopic (exact) mass is 508 g/mol. The number of anilines is 1. The van der Waals surface area contributed by atoms with E-state index in [1.54, 1.807) is 23.0 Å². The molecule has 4 aromatic rings. The van der Waals surface area contributed by atoms with Gasteiger partial charge in [-0.3, -0.25) is 19.3 Å². The van der Waals surface area contributed by atoms with Crippen molar-refractivity contribution in [1.29, 1.82) is 0 Å². The fourth-order valence-electron chi connectivity index (χ4n) is 5.06. The largest absolute Gasteiger partial charge is 0.350 e. The number of likely N-dealkylation sites (tertiary alicyclic amines) is 1. The minimum atomic E-state index is -0.284. The van der Waals surface area contributed by atoms with Crippen LogP contribution in [0.5, 0.6) is 0 Å². The molecule has 2 aliphatic rings. The van der Waals surface area contributed by atoms with Gasteiger partial charge in [0, 0.05) is 45.6 Å². The number of pyridine rings is 1. The van der Waals surface area contributed by atoms with Crippen LogP contribution in [0.4, 0.5) is 5.69 Å². The van der Waals surface area contributed by atoms with E-state index in [-0.39, 0.29) is 14.7 Å². The zero-order chi connectivity index (χ0) is 24.8. The lowest BCUT2D eigenvalue weighted by atomic mass is 10.2. The summed E-state index contributed by atoms with van der Waals surface area (Å²) in [6.07, 6.45) is 11.3. The molecule has 2 aliphatic heterocycles. The van der Waals surface area contributed by atoms with Crippen molar-refractivity contribution in [3.8, 4) is 10.4 Å². The van der Waals surface area contributed by atoms with E-state index in [4.69, 9.17) is 0 Å². The molecule has 6 rings (SSSR count). The molecular weight excluding hydrogens is 476 g/mol. The number of carbonyl (C=O) groups is 2. The standard InChI is InChI=1S/C25H28N8O2S.2H2/c1-15-20(9-16(10-26-15)23(34)27-11-17-5-3-7-31(17)2)30-24(35)19-13-29-33-14-22(36-25(19)33)18-12-28-32-8-4-6-21(18)32;;/h9-10,12-14,17H,3-8,11H2,1-2H3,(H,27,34)(H,30,35);2*1H. The Morgan fingerprint density at radius 1 is 1.17 bits per heavy atom. The number of rotatable bonds is 6. The molecule has 190 valence electrons. The average molecular weight is 509 g/mol. The fraction of sp³-hybridized carbons (Fsp3) is 0.400. The number of thiazole rings is 1. The number of aryl methyl sites for hydroxylation is 2. The van der Waals surface area contributed by atoms with Gasteiger partial charge in [0.25, 0.3) is 11.8 Å². The lowest BCUT2D eigenvalue weighted by Gasteiger charge is -2.19. The molecule has 0 saturated carbocycles.